The first-order valence-electron chi connectivity index (χ1n) is 7.64. The SMILES string of the molecule is Cc1ncsc1C(=O)N1C2CCC1CC(=CC1CC1)C2. The molecule has 4 heteroatoms. The molecule has 0 N–H and O–H groups in total. The average Bonchev–Trinajstić information content (AvgIpc) is 3.07. The van der Waals surface area contributed by atoms with Gasteiger partial charge in [-0.15, -0.1) is 11.3 Å². The summed E-state index contributed by atoms with van der Waals surface area (Å²) in [5.74, 6) is 1.08. The molecule has 3 fully saturated rings. The van der Waals surface area contributed by atoms with E-state index in [9.17, 15) is 4.79 Å². The highest BCUT2D eigenvalue weighted by Crippen LogP contribution is 2.42. The predicted molar refractivity (Wildman–Crippen MR) is 79.9 cm³/mol. The molecule has 3 aliphatic rings. The Labute approximate surface area is 123 Å². The van der Waals surface area contributed by atoms with Gasteiger partial charge in [0.1, 0.15) is 4.88 Å². The van der Waals surface area contributed by atoms with Gasteiger partial charge in [0.15, 0.2) is 0 Å². The molecule has 1 aromatic rings. The Morgan fingerprint density at radius 2 is 2.00 bits per heavy atom. The van der Waals surface area contributed by atoms with E-state index in [-0.39, 0.29) is 5.91 Å². The molecule has 106 valence electrons. The van der Waals surface area contributed by atoms with Crippen molar-refractivity contribution >= 4 is 17.2 Å². The van der Waals surface area contributed by atoms with Crippen LogP contribution >= 0.6 is 11.3 Å². The topological polar surface area (TPSA) is 33.2 Å². The van der Waals surface area contributed by atoms with Crippen LogP contribution in [0.5, 0.6) is 0 Å². The fraction of sp³-hybridized carbons (Fsp3) is 0.625. The van der Waals surface area contributed by atoms with E-state index in [1.54, 1.807) is 11.1 Å². The van der Waals surface area contributed by atoms with Crippen LogP contribution in [0.25, 0.3) is 0 Å². The number of hydrogen-bond donors (Lipinski definition) is 0. The average molecular weight is 288 g/mol. The lowest BCUT2D eigenvalue weighted by atomic mass is 9.95. The number of carbonyl (C=O) groups is 1. The lowest BCUT2D eigenvalue weighted by Gasteiger charge is -2.36. The molecule has 2 unspecified atom stereocenters. The van der Waals surface area contributed by atoms with Crippen LogP contribution in [-0.2, 0) is 0 Å². The van der Waals surface area contributed by atoms with Gasteiger partial charge in [0, 0.05) is 12.1 Å². The molecule has 3 nitrogen and oxygen atoms in total. The maximum Gasteiger partial charge on any atom is 0.266 e. The van der Waals surface area contributed by atoms with Gasteiger partial charge in [-0.2, -0.15) is 0 Å². The summed E-state index contributed by atoms with van der Waals surface area (Å²) in [6.07, 6.45) is 9.83. The quantitative estimate of drug-likeness (QED) is 0.780. The highest BCUT2D eigenvalue weighted by molar-refractivity contribution is 7.11. The number of nitrogens with zero attached hydrogens (tertiary/aromatic N) is 2. The molecule has 4 rings (SSSR count). The van der Waals surface area contributed by atoms with Crippen LogP contribution in [0.1, 0.15) is 53.9 Å². The van der Waals surface area contributed by atoms with Crippen molar-refractivity contribution in [2.75, 3.05) is 0 Å². The second-order valence-electron chi connectivity index (χ2n) is 6.43. The molecule has 2 bridgehead atoms. The highest BCUT2D eigenvalue weighted by atomic mass is 32.1. The zero-order chi connectivity index (χ0) is 13.7. The second kappa shape index (κ2) is 4.69. The first-order valence-corrected chi connectivity index (χ1v) is 8.52. The number of thiazole rings is 1. The Hall–Kier alpha value is -1.16. The van der Waals surface area contributed by atoms with E-state index >= 15 is 0 Å². The molecule has 3 heterocycles. The van der Waals surface area contributed by atoms with E-state index in [0.29, 0.717) is 12.1 Å². The molecule has 1 aliphatic carbocycles. The van der Waals surface area contributed by atoms with Crippen molar-refractivity contribution in [3.05, 3.63) is 27.7 Å². The molecular weight excluding hydrogens is 268 g/mol. The zero-order valence-electron chi connectivity index (χ0n) is 11.8. The standard InChI is InChI=1S/C16H20N2OS/c1-10-15(20-9-17-10)16(19)18-13-4-5-14(18)8-12(7-13)6-11-2-3-11/h6,9,11,13-14H,2-5,7-8H2,1H3. The number of rotatable bonds is 2. The van der Waals surface area contributed by atoms with Gasteiger partial charge in [-0.1, -0.05) is 11.6 Å². The Morgan fingerprint density at radius 1 is 1.30 bits per heavy atom. The maximum atomic E-state index is 12.8. The number of hydrogen-bond acceptors (Lipinski definition) is 3. The minimum Gasteiger partial charge on any atom is -0.331 e. The van der Waals surface area contributed by atoms with Crippen molar-refractivity contribution in [2.24, 2.45) is 5.92 Å². The molecule has 0 spiro atoms. The van der Waals surface area contributed by atoms with E-state index in [4.69, 9.17) is 0 Å². The van der Waals surface area contributed by atoms with E-state index < -0.39 is 0 Å². The van der Waals surface area contributed by atoms with E-state index in [1.165, 1.54) is 37.0 Å². The van der Waals surface area contributed by atoms with Gasteiger partial charge in [0.2, 0.25) is 0 Å². The monoisotopic (exact) mass is 288 g/mol. The van der Waals surface area contributed by atoms with Crippen molar-refractivity contribution in [1.82, 2.24) is 9.88 Å². The lowest BCUT2D eigenvalue weighted by molar-refractivity contribution is 0.0638. The molecular formula is C16H20N2OS. The minimum absolute atomic E-state index is 0.225. The van der Waals surface area contributed by atoms with Crippen LogP contribution in [0, 0.1) is 12.8 Å². The van der Waals surface area contributed by atoms with Gasteiger partial charge in [0.25, 0.3) is 5.91 Å². The summed E-state index contributed by atoms with van der Waals surface area (Å²) in [5, 5.41) is 0. The van der Waals surface area contributed by atoms with Crippen LogP contribution in [0.15, 0.2) is 17.2 Å². The second-order valence-corrected chi connectivity index (χ2v) is 7.29. The Balaban J connectivity index is 1.56. The summed E-state index contributed by atoms with van der Waals surface area (Å²) in [5.41, 5.74) is 4.29. The molecule has 2 aliphatic heterocycles. The third-order valence-corrected chi connectivity index (χ3v) is 5.80. The molecule has 2 atom stereocenters. The Bertz CT molecular complexity index is 557. The van der Waals surface area contributed by atoms with Crippen LogP contribution in [-0.4, -0.2) is 27.9 Å². The van der Waals surface area contributed by atoms with Crippen molar-refractivity contribution < 1.29 is 4.79 Å². The molecule has 0 aromatic carbocycles. The summed E-state index contributed by atoms with van der Waals surface area (Å²) in [7, 11) is 0. The first-order chi connectivity index (χ1) is 9.72. The highest BCUT2D eigenvalue weighted by Gasteiger charge is 2.42. The Morgan fingerprint density at radius 3 is 2.55 bits per heavy atom. The van der Waals surface area contributed by atoms with Crippen molar-refractivity contribution in [3.63, 3.8) is 0 Å². The van der Waals surface area contributed by atoms with Crippen molar-refractivity contribution in [3.8, 4) is 0 Å². The van der Waals surface area contributed by atoms with Gasteiger partial charge in [0.05, 0.1) is 11.2 Å². The van der Waals surface area contributed by atoms with Crippen molar-refractivity contribution in [1.29, 1.82) is 0 Å². The molecule has 2 saturated heterocycles. The minimum atomic E-state index is 0.225. The molecule has 1 amide bonds. The smallest absolute Gasteiger partial charge is 0.266 e. The largest absolute Gasteiger partial charge is 0.331 e. The number of carbonyl (C=O) groups excluding carboxylic acids is 1. The van der Waals surface area contributed by atoms with Crippen LogP contribution in [0.4, 0.5) is 0 Å². The number of fused-ring (bicyclic) bond motifs is 2. The number of piperidine rings is 1. The van der Waals surface area contributed by atoms with Gasteiger partial charge in [-0.3, -0.25) is 4.79 Å². The predicted octanol–water partition coefficient (Wildman–Crippen LogP) is 3.55. The van der Waals surface area contributed by atoms with Crippen LogP contribution in [0.3, 0.4) is 0 Å². The summed E-state index contributed by atoms with van der Waals surface area (Å²) in [6, 6.07) is 0.875. The third kappa shape index (κ3) is 2.10. The fourth-order valence-corrected chi connectivity index (χ4v) is 4.48. The van der Waals surface area contributed by atoms with E-state index in [1.807, 2.05) is 6.92 Å². The Kier molecular flexibility index (Phi) is 2.95. The number of amides is 1. The van der Waals surface area contributed by atoms with E-state index in [0.717, 1.165) is 29.3 Å². The summed E-state index contributed by atoms with van der Waals surface area (Å²) >= 11 is 1.49. The summed E-state index contributed by atoms with van der Waals surface area (Å²) < 4.78 is 0. The molecule has 20 heavy (non-hydrogen) atoms. The summed E-state index contributed by atoms with van der Waals surface area (Å²) in [4.78, 5) is 20.0. The maximum absolute atomic E-state index is 12.8. The number of aryl methyl sites for hydroxylation is 1. The van der Waals surface area contributed by atoms with Gasteiger partial charge in [-0.05, 0) is 51.4 Å². The van der Waals surface area contributed by atoms with Gasteiger partial charge < -0.3 is 4.90 Å². The molecule has 0 radical (unpaired) electrons. The zero-order valence-corrected chi connectivity index (χ0v) is 12.7. The van der Waals surface area contributed by atoms with Crippen LogP contribution in [0.2, 0.25) is 0 Å². The van der Waals surface area contributed by atoms with Gasteiger partial charge in [-0.25, -0.2) is 4.98 Å². The third-order valence-electron chi connectivity index (χ3n) is 4.88. The number of allylic oxidation sites excluding steroid dienone is 1. The summed E-state index contributed by atoms with van der Waals surface area (Å²) in [6.45, 7) is 1.94. The van der Waals surface area contributed by atoms with E-state index in [2.05, 4.69) is 16.0 Å². The van der Waals surface area contributed by atoms with Crippen LogP contribution < -0.4 is 0 Å². The molecule has 1 saturated carbocycles. The number of aromatic nitrogens is 1. The fourth-order valence-electron chi connectivity index (χ4n) is 3.74. The van der Waals surface area contributed by atoms with Gasteiger partial charge >= 0.3 is 0 Å². The molecule has 1 aromatic heterocycles. The van der Waals surface area contributed by atoms with Crippen molar-refractivity contribution in [2.45, 2.75) is 57.5 Å². The first kappa shape index (κ1) is 12.6. The normalized spacial score (nSPS) is 28.9. The lowest BCUT2D eigenvalue weighted by Crippen LogP contribution is -2.44.